The van der Waals surface area contributed by atoms with Crippen LogP contribution in [0.2, 0.25) is 0 Å². The number of benzene rings is 1. The minimum atomic E-state index is 0.570. The predicted octanol–water partition coefficient (Wildman–Crippen LogP) is 4.24. The molecule has 1 atom stereocenters. The van der Waals surface area contributed by atoms with E-state index in [1.165, 1.54) is 12.8 Å². The van der Waals surface area contributed by atoms with E-state index in [9.17, 15) is 0 Å². The van der Waals surface area contributed by atoms with Crippen LogP contribution in [0.5, 0.6) is 5.75 Å². The highest BCUT2D eigenvalue weighted by Gasteiger charge is 2.02. The summed E-state index contributed by atoms with van der Waals surface area (Å²) >= 11 is 3.41. The average Bonchev–Trinajstić information content (AvgIpc) is 2.34. The molecule has 0 aliphatic heterocycles. The SMILES string of the molecule is CC(C)CCC(C)NCCOc1ccc(Br)cc1. The smallest absolute Gasteiger partial charge is 0.119 e. The zero-order valence-corrected chi connectivity index (χ0v) is 13.2. The molecule has 0 saturated carbocycles. The molecule has 1 unspecified atom stereocenters. The van der Waals surface area contributed by atoms with Gasteiger partial charge in [0, 0.05) is 17.1 Å². The van der Waals surface area contributed by atoms with E-state index >= 15 is 0 Å². The average molecular weight is 314 g/mol. The lowest BCUT2D eigenvalue weighted by molar-refractivity contribution is 0.303. The Hall–Kier alpha value is -0.540. The lowest BCUT2D eigenvalue weighted by Gasteiger charge is -2.15. The van der Waals surface area contributed by atoms with Crippen molar-refractivity contribution in [3.63, 3.8) is 0 Å². The first kappa shape index (κ1) is 15.5. The summed E-state index contributed by atoms with van der Waals surface area (Å²) in [5.74, 6) is 1.71. The largest absolute Gasteiger partial charge is 0.492 e. The van der Waals surface area contributed by atoms with E-state index in [4.69, 9.17) is 4.74 Å². The monoisotopic (exact) mass is 313 g/mol. The van der Waals surface area contributed by atoms with Gasteiger partial charge in [-0.25, -0.2) is 0 Å². The van der Waals surface area contributed by atoms with Crippen molar-refractivity contribution in [1.29, 1.82) is 0 Å². The normalized spacial score (nSPS) is 12.7. The molecular weight excluding hydrogens is 290 g/mol. The van der Waals surface area contributed by atoms with Crippen molar-refractivity contribution in [2.45, 2.75) is 39.7 Å². The summed E-state index contributed by atoms with van der Waals surface area (Å²) < 4.78 is 6.73. The fraction of sp³-hybridized carbons (Fsp3) is 0.600. The minimum Gasteiger partial charge on any atom is -0.492 e. The topological polar surface area (TPSA) is 21.3 Å². The molecule has 1 aromatic carbocycles. The third kappa shape index (κ3) is 7.02. The summed E-state index contributed by atoms with van der Waals surface area (Å²) in [6.07, 6.45) is 2.51. The van der Waals surface area contributed by atoms with Gasteiger partial charge in [0.15, 0.2) is 0 Å². The Balaban J connectivity index is 2.09. The first-order valence-corrected chi connectivity index (χ1v) is 7.49. The van der Waals surface area contributed by atoms with E-state index < -0.39 is 0 Å². The Morgan fingerprint density at radius 2 is 1.78 bits per heavy atom. The fourth-order valence-electron chi connectivity index (χ4n) is 1.69. The van der Waals surface area contributed by atoms with Crippen LogP contribution >= 0.6 is 15.9 Å². The maximum absolute atomic E-state index is 5.65. The number of ether oxygens (including phenoxy) is 1. The van der Waals surface area contributed by atoms with Gasteiger partial charge >= 0.3 is 0 Å². The van der Waals surface area contributed by atoms with E-state index in [1.807, 2.05) is 24.3 Å². The molecule has 2 nitrogen and oxygen atoms in total. The number of halogens is 1. The highest BCUT2D eigenvalue weighted by Crippen LogP contribution is 2.15. The Labute approximate surface area is 119 Å². The first-order valence-electron chi connectivity index (χ1n) is 6.69. The van der Waals surface area contributed by atoms with Crippen molar-refractivity contribution in [3.8, 4) is 5.75 Å². The van der Waals surface area contributed by atoms with Crippen LogP contribution in [0.15, 0.2) is 28.7 Å². The highest BCUT2D eigenvalue weighted by molar-refractivity contribution is 9.10. The van der Waals surface area contributed by atoms with Gasteiger partial charge in [-0.05, 0) is 49.9 Å². The summed E-state index contributed by atoms with van der Waals surface area (Å²) in [6, 6.07) is 8.52. The van der Waals surface area contributed by atoms with Crippen molar-refractivity contribution >= 4 is 15.9 Å². The molecule has 0 aliphatic rings. The Morgan fingerprint density at radius 1 is 1.11 bits per heavy atom. The van der Waals surface area contributed by atoms with Crippen LogP contribution in [0.4, 0.5) is 0 Å². The highest BCUT2D eigenvalue weighted by atomic mass is 79.9. The molecule has 0 aliphatic carbocycles. The minimum absolute atomic E-state index is 0.570. The van der Waals surface area contributed by atoms with Gasteiger partial charge in [-0.15, -0.1) is 0 Å². The second kappa shape index (κ2) is 8.54. The molecule has 0 radical (unpaired) electrons. The van der Waals surface area contributed by atoms with Crippen molar-refractivity contribution in [1.82, 2.24) is 5.32 Å². The first-order chi connectivity index (χ1) is 8.58. The molecule has 1 aromatic rings. The van der Waals surface area contributed by atoms with Gasteiger partial charge in [0.2, 0.25) is 0 Å². The van der Waals surface area contributed by atoms with Gasteiger partial charge in [-0.1, -0.05) is 29.8 Å². The molecular formula is C15H24BrNO. The number of rotatable bonds is 8. The van der Waals surface area contributed by atoms with Gasteiger partial charge < -0.3 is 10.1 Å². The Morgan fingerprint density at radius 3 is 2.39 bits per heavy atom. The summed E-state index contributed by atoms with van der Waals surface area (Å²) in [7, 11) is 0. The van der Waals surface area contributed by atoms with Crippen LogP contribution in [0.3, 0.4) is 0 Å². The van der Waals surface area contributed by atoms with Gasteiger partial charge in [-0.3, -0.25) is 0 Å². The molecule has 0 spiro atoms. The third-order valence-electron chi connectivity index (χ3n) is 2.85. The van der Waals surface area contributed by atoms with Crippen molar-refractivity contribution in [2.75, 3.05) is 13.2 Å². The number of hydrogen-bond donors (Lipinski definition) is 1. The third-order valence-corrected chi connectivity index (χ3v) is 3.38. The maximum Gasteiger partial charge on any atom is 0.119 e. The van der Waals surface area contributed by atoms with Gasteiger partial charge in [-0.2, -0.15) is 0 Å². The van der Waals surface area contributed by atoms with E-state index in [0.717, 1.165) is 22.7 Å². The lowest BCUT2D eigenvalue weighted by atomic mass is 10.0. The van der Waals surface area contributed by atoms with E-state index in [1.54, 1.807) is 0 Å². The van der Waals surface area contributed by atoms with Crippen LogP contribution < -0.4 is 10.1 Å². The maximum atomic E-state index is 5.65. The number of nitrogens with one attached hydrogen (secondary N) is 1. The molecule has 1 rings (SSSR count). The molecule has 1 N–H and O–H groups in total. The van der Waals surface area contributed by atoms with Crippen LogP contribution in [-0.4, -0.2) is 19.2 Å². The molecule has 0 amide bonds. The van der Waals surface area contributed by atoms with Gasteiger partial charge in [0.05, 0.1) is 0 Å². The number of hydrogen-bond acceptors (Lipinski definition) is 2. The van der Waals surface area contributed by atoms with Crippen molar-refractivity contribution in [2.24, 2.45) is 5.92 Å². The van der Waals surface area contributed by atoms with Crippen molar-refractivity contribution in [3.05, 3.63) is 28.7 Å². The standard InChI is InChI=1S/C15H24BrNO/c1-12(2)4-5-13(3)17-10-11-18-15-8-6-14(16)7-9-15/h6-9,12-13,17H,4-5,10-11H2,1-3H3. The van der Waals surface area contributed by atoms with E-state index in [-0.39, 0.29) is 0 Å². The molecule has 0 bridgehead atoms. The van der Waals surface area contributed by atoms with Gasteiger partial charge in [0.25, 0.3) is 0 Å². The lowest BCUT2D eigenvalue weighted by Crippen LogP contribution is -2.30. The molecule has 102 valence electrons. The summed E-state index contributed by atoms with van der Waals surface area (Å²) in [5.41, 5.74) is 0. The quantitative estimate of drug-likeness (QED) is 0.725. The van der Waals surface area contributed by atoms with Crippen LogP contribution in [0.25, 0.3) is 0 Å². The van der Waals surface area contributed by atoms with E-state index in [2.05, 4.69) is 42.0 Å². The van der Waals surface area contributed by atoms with Crippen LogP contribution in [-0.2, 0) is 0 Å². The zero-order valence-electron chi connectivity index (χ0n) is 11.6. The molecule has 0 fully saturated rings. The molecule has 0 saturated heterocycles. The second-order valence-electron chi connectivity index (χ2n) is 5.13. The predicted molar refractivity (Wildman–Crippen MR) is 81.2 cm³/mol. The van der Waals surface area contributed by atoms with Crippen LogP contribution in [0.1, 0.15) is 33.6 Å². The fourth-order valence-corrected chi connectivity index (χ4v) is 1.95. The molecule has 3 heteroatoms. The summed E-state index contributed by atoms with van der Waals surface area (Å²) in [5, 5.41) is 3.49. The summed E-state index contributed by atoms with van der Waals surface area (Å²) in [6.45, 7) is 8.39. The zero-order chi connectivity index (χ0) is 13.4. The second-order valence-corrected chi connectivity index (χ2v) is 6.04. The van der Waals surface area contributed by atoms with Crippen molar-refractivity contribution < 1.29 is 4.74 Å². The summed E-state index contributed by atoms with van der Waals surface area (Å²) in [4.78, 5) is 0. The molecule has 0 heterocycles. The van der Waals surface area contributed by atoms with Crippen LogP contribution in [0, 0.1) is 5.92 Å². The Bertz CT molecular complexity index is 324. The molecule has 0 aromatic heterocycles. The Kier molecular flexibility index (Phi) is 7.36. The van der Waals surface area contributed by atoms with E-state index in [0.29, 0.717) is 12.6 Å². The molecule has 18 heavy (non-hydrogen) atoms. The van der Waals surface area contributed by atoms with Gasteiger partial charge in [0.1, 0.15) is 12.4 Å².